The Morgan fingerprint density at radius 2 is 2.08 bits per heavy atom. The van der Waals surface area contributed by atoms with Crippen LogP contribution in [-0.2, 0) is 19.6 Å². The molecule has 3 aromatic rings. The molecule has 0 spiro atoms. The van der Waals surface area contributed by atoms with Gasteiger partial charge in [-0.15, -0.1) is 11.3 Å². The minimum Gasteiger partial charge on any atom is -0.468 e. The summed E-state index contributed by atoms with van der Waals surface area (Å²) in [5.41, 5.74) is 0. The van der Waals surface area contributed by atoms with E-state index >= 15 is 0 Å². The van der Waals surface area contributed by atoms with Gasteiger partial charge in [0.25, 0.3) is 0 Å². The fourth-order valence-corrected chi connectivity index (χ4v) is 3.78. The first-order valence-corrected chi connectivity index (χ1v) is 9.39. The molecule has 3 aromatic heterocycles. The van der Waals surface area contributed by atoms with E-state index in [2.05, 4.69) is 35.1 Å². The van der Waals surface area contributed by atoms with Crippen LogP contribution in [0.25, 0.3) is 0 Å². The second-order valence-electron chi connectivity index (χ2n) is 6.13. The highest BCUT2D eigenvalue weighted by Gasteiger charge is 2.10. The molecule has 0 aliphatic heterocycles. The third-order valence-electron chi connectivity index (χ3n) is 4.06. The number of nitrogens with zero attached hydrogens (tertiary/aromatic N) is 3. The number of hydrogen-bond acceptors (Lipinski definition) is 4. The van der Waals surface area contributed by atoms with Crippen molar-refractivity contribution in [3.63, 3.8) is 0 Å². The van der Waals surface area contributed by atoms with Crippen LogP contribution in [0.5, 0.6) is 0 Å². The summed E-state index contributed by atoms with van der Waals surface area (Å²) in [5.74, 6) is 1.04. The van der Waals surface area contributed by atoms with Crippen LogP contribution < -0.4 is 0 Å². The van der Waals surface area contributed by atoms with Crippen molar-refractivity contribution < 1.29 is 4.42 Å². The van der Waals surface area contributed by atoms with E-state index in [0.29, 0.717) is 0 Å². The van der Waals surface area contributed by atoms with Gasteiger partial charge >= 0.3 is 0 Å². The van der Waals surface area contributed by atoms with Crippen molar-refractivity contribution in [2.75, 3.05) is 6.54 Å². The molecular formula is C19H25N3OS. The molecule has 0 atom stereocenters. The molecule has 0 saturated heterocycles. The fraction of sp³-hybridized carbons (Fsp3) is 0.421. The van der Waals surface area contributed by atoms with Crippen molar-refractivity contribution in [1.29, 1.82) is 0 Å². The maximum Gasteiger partial charge on any atom is 0.117 e. The van der Waals surface area contributed by atoms with E-state index in [-0.39, 0.29) is 0 Å². The van der Waals surface area contributed by atoms with Crippen molar-refractivity contribution in [2.45, 2.75) is 45.8 Å². The normalized spacial score (nSPS) is 11.4. The van der Waals surface area contributed by atoms with Crippen molar-refractivity contribution in [3.05, 3.63) is 64.5 Å². The molecule has 128 valence electrons. The molecule has 0 aliphatic carbocycles. The molecule has 0 fully saturated rings. The summed E-state index contributed by atoms with van der Waals surface area (Å²) in [6.07, 6.45) is 9.22. The Bertz CT molecular complexity index is 688. The third-order valence-corrected chi connectivity index (χ3v) is 5.04. The topological polar surface area (TPSA) is 34.2 Å². The Kier molecular flexibility index (Phi) is 6.26. The summed E-state index contributed by atoms with van der Waals surface area (Å²) in [6.45, 7) is 6.15. The molecule has 0 amide bonds. The Morgan fingerprint density at radius 1 is 1.12 bits per heavy atom. The van der Waals surface area contributed by atoms with Crippen LogP contribution in [0.4, 0.5) is 0 Å². The van der Waals surface area contributed by atoms with Gasteiger partial charge in [-0.05, 0) is 56.6 Å². The molecule has 0 saturated carbocycles. The van der Waals surface area contributed by atoms with Gasteiger partial charge in [0.2, 0.25) is 0 Å². The summed E-state index contributed by atoms with van der Waals surface area (Å²) in [4.78, 5) is 5.29. The minimum absolute atomic E-state index is 0.878. The maximum atomic E-state index is 5.53. The summed E-state index contributed by atoms with van der Waals surface area (Å²) < 4.78 is 7.54. The first kappa shape index (κ1) is 17.0. The molecular weight excluding hydrogens is 318 g/mol. The maximum absolute atomic E-state index is 5.53. The highest BCUT2D eigenvalue weighted by molar-refractivity contribution is 7.11. The van der Waals surface area contributed by atoms with E-state index in [9.17, 15) is 0 Å². The van der Waals surface area contributed by atoms with Gasteiger partial charge in [0.15, 0.2) is 0 Å². The van der Waals surface area contributed by atoms with Gasteiger partial charge in [-0.2, -0.15) is 5.10 Å². The predicted octanol–water partition coefficient (Wildman–Crippen LogP) is 4.72. The number of furan rings is 1. The van der Waals surface area contributed by atoms with Crippen LogP contribution in [0.3, 0.4) is 0 Å². The van der Waals surface area contributed by atoms with Crippen LogP contribution in [0.1, 0.15) is 34.8 Å². The minimum atomic E-state index is 0.878. The molecule has 5 heteroatoms. The van der Waals surface area contributed by atoms with E-state index < -0.39 is 0 Å². The molecule has 4 nitrogen and oxygen atoms in total. The predicted molar refractivity (Wildman–Crippen MR) is 98.0 cm³/mol. The molecule has 24 heavy (non-hydrogen) atoms. The molecule has 3 heterocycles. The van der Waals surface area contributed by atoms with E-state index in [0.717, 1.165) is 31.9 Å². The Labute approximate surface area is 147 Å². The lowest BCUT2D eigenvalue weighted by Crippen LogP contribution is -2.23. The average molecular weight is 343 g/mol. The van der Waals surface area contributed by atoms with Gasteiger partial charge < -0.3 is 4.42 Å². The quantitative estimate of drug-likeness (QED) is 0.500. The molecule has 0 unspecified atom stereocenters. The molecule has 0 aliphatic rings. The van der Waals surface area contributed by atoms with E-state index in [1.54, 1.807) is 6.26 Å². The van der Waals surface area contributed by atoms with E-state index in [1.807, 2.05) is 40.5 Å². The molecule has 3 rings (SSSR count). The van der Waals surface area contributed by atoms with Crippen LogP contribution in [-0.4, -0.2) is 21.2 Å². The van der Waals surface area contributed by atoms with Gasteiger partial charge in [-0.25, -0.2) is 0 Å². The van der Waals surface area contributed by atoms with Crippen molar-refractivity contribution in [1.82, 2.24) is 14.7 Å². The first-order chi connectivity index (χ1) is 11.8. The zero-order chi connectivity index (χ0) is 16.6. The van der Waals surface area contributed by atoms with Gasteiger partial charge in [0.05, 0.1) is 12.8 Å². The molecule has 0 aromatic carbocycles. The summed E-state index contributed by atoms with van der Waals surface area (Å²) in [5, 5.41) is 4.25. The van der Waals surface area contributed by atoms with Crippen molar-refractivity contribution >= 4 is 11.3 Å². The number of aromatic nitrogens is 2. The van der Waals surface area contributed by atoms with Crippen LogP contribution >= 0.6 is 11.3 Å². The number of hydrogen-bond donors (Lipinski definition) is 0. The van der Waals surface area contributed by atoms with E-state index in [4.69, 9.17) is 4.42 Å². The summed E-state index contributed by atoms with van der Waals surface area (Å²) in [7, 11) is 0. The summed E-state index contributed by atoms with van der Waals surface area (Å²) in [6, 6.07) is 10.5. The monoisotopic (exact) mass is 343 g/mol. The molecule has 0 radical (unpaired) electrons. The first-order valence-electron chi connectivity index (χ1n) is 8.57. The van der Waals surface area contributed by atoms with Crippen LogP contribution in [0, 0.1) is 6.92 Å². The Morgan fingerprint density at radius 3 is 2.79 bits per heavy atom. The standard InChI is InChI=1S/C19H25N3OS/c1-17-8-9-19(24-17)16-21(15-18-7-5-14-23-18)11-3-2-4-12-22-13-6-10-20-22/h5-10,13-14H,2-4,11-12,15-16H2,1H3. The smallest absolute Gasteiger partial charge is 0.117 e. The molecule has 0 N–H and O–H groups in total. The zero-order valence-electron chi connectivity index (χ0n) is 14.2. The van der Waals surface area contributed by atoms with Gasteiger partial charge in [-0.1, -0.05) is 6.42 Å². The molecule has 0 bridgehead atoms. The van der Waals surface area contributed by atoms with Gasteiger partial charge in [0.1, 0.15) is 5.76 Å². The number of rotatable bonds is 10. The van der Waals surface area contributed by atoms with Crippen LogP contribution in [0.15, 0.2) is 53.4 Å². The lowest BCUT2D eigenvalue weighted by molar-refractivity contribution is 0.231. The largest absolute Gasteiger partial charge is 0.468 e. The highest BCUT2D eigenvalue weighted by Crippen LogP contribution is 2.19. The number of unbranched alkanes of at least 4 members (excludes halogenated alkanes) is 2. The highest BCUT2D eigenvalue weighted by atomic mass is 32.1. The average Bonchev–Trinajstić information content (AvgIpc) is 3.30. The Balaban J connectivity index is 1.45. The second-order valence-corrected chi connectivity index (χ2v) is 7.50. The lowest BCUT2D eigenvalue weighted by atomic mass is 10.2. The SMILES string of the molecule is Cc1ccc(CN(CCCCCn2cccn2)Cc2ccco2)s1. The van der Waals surface area contributed by atoms with Gasteiger partial charge in [0, 0.05) is 35.2 Å². The lowest BCUT2D eigenvalue weighted by Gasteiger charge is -2.20. The summed E-state index contributed by atoms with van der Waals surface area (Å²) >= 11 is 1.89. The number of thiophene rings is 1. The third kappa shape index (κ3) is 5.35. The van der Waals surface area contributed by atoms with Crippen molar-refractivity contribution in [3.8, 4) is 0 Å². The second kappa shape index (κ2) is 8.85. The van der Waals surface area contributed by atoms with Crippen LogP contribution in [0.2, 0.25) is 0 Å². The van der Waals surface area contributed by atoms with Crippen molar-refractivity contribution in [2.24, 2.45) is 0 Å². The van der Waals surface area contributed by atoms with Gasteiger partial charge in [-0.3, -0.25) is 9.58 Å². The fourth-order valence-electron chi connectivity index (χ4n) is 2.85. The van der Waals surface area contributed by atoms with E-state index in [1.165, 1.54) is 29.0 Å². The zero-order valence-corrected chi connectivity index (χ0v) is 15.0. The number of aryl methyl sites for hydroxylation is 2. The Hall–Kier alpha value is -1.85.